The van der Waals surface area contributed by atoms with E-state index >= 15 is 0 Å². The molecule has 1 heterocycles. The normalized spacial score (nSPS) is 11.1. The van der Waals surface area contributed by atoms with Gasteiger partial charge in [-0.3, -0.25) is 5.10 Å². The third-order valence-corrected chi connectivity index (χ3v) is 2.29. The van der Waals surface area contributed by atoms with Crippen LogP contribution in [0.25, 0.3) is 0 Å². The molecule has 0 aliphatic rings. The lowest BCUT2D eigenvalue weighted by atomic mass is 10.2. The highest BCUT2D eigenvalue weighted by Gasteiger charge is 1.96. The van der Waals surface area contributed by atoms with E-state index in [1.807, 2.05) is 0 Å². The number of aromatic nitrogens is 3. The maximum atomic E-state index is 9.12. The Morgan fingerprint density at radius 3 is 2.69 bits per heavy atom. The number of phenols is 1. The molecule has 1 aromatic heterocycles. The maximum Gasteiger partial charge on any atom is 0.216 e. The van der Waals surface area contributed by atoms with E-state index in [1.54, 1.807) is 37.4 Å². The van der Waals surface area contributed by atoms with Gasteiger partial charge in [-0.1, -0.05) is 0 Å². The van der Waals surface area contributed by atoms with Crippen LogP contribution in [0.15, 0.2) is 29.4 Å². The van der Waals surface area contributed by atoms with Crippen LogP contribution in [0.5, 0.6) is 5.75 Å². The Bertz CT molecular complexity index is 567. The van der Waals surface area contributed by atoms with Crippen molar-refractivity contribution < 1.29 is 5.11 Å². The quantitative estimate of drug-likeness (QED) is 0.615. The first-order valence-electron chi connectivity index (χ1n) is 4.64. The van der Waals surface area contributed by atoms with Gasteiger partial charge < -0.3 is 5.11 Å². The van der Waals surface area contributed by atoms with Gasteiger partial charge >= 0.3 is 0 Å². The molecule has 0 radical (unpaired) electrons. The van der Waals surface area contributed by atoms with Crippen LogP contribution < -0.4 is 0 Å². The molecule has 16 heavy (non-hydrogen) atoms. The predicted molar refractivity (Wildman–Crippen MR) is 63.2 cm³/mol. The third kappa shape index (κ3) is 2.17. The van der Waals surface area contributed by atoms with Gasteiger partial charge in [-0.05, 0) is 49.0 Å². The van der Waals surface area contributed by atoms with E-state index < -0.39 is 0 Å². The average Bonchev–Trinajstić information content (AvgIpc) is 2.59. The third-order valence-electron chi connectivity index (χ3n) is 2.03. The van der Waals surface area contributed by atoms with Crippen LogP contribution >= 0.6 is 12.2 Å². The molecule has 2 N–H and O–H groups in total. The van der Waals surface area contributed by atoms with Crippen molar-refractivity contribution in [2.45, 2.75) is 6.92 Å². The van der Waals surface area contributed by atoms with Crippen LogP contribution in [0.3, 0.4) is 0 Å². The van der Waals surface area contributed by atoms with Gasteiger partial charge in [0.05, 0.1) is 6.21 Å². The second-order valence-corrected chi connectivity index (χ2v) is 3.61. The Kier molecular flexibility index (Phi) is 2.82. The Morgan fingerprint density at radius 2 is 2.12 bits per heavy atom. The number of hydrogen-bond acceptors (Lipinski definition) is 4. The largest absolute Gasteiger partial charge is 0.508 e. The number of hydrogen-bond donors (Lipinski definition) is 2. The first kappa shape index (κ1) is 10.6. The number of nitrogens with one attached hydrogen (secondary N) is 1. The molecule has 5 nitrogen and oxygen atoms in total. The molecule has 0 unspecified atom stereocenters. The standard InChI is InChI=1S/C10H10N4OS/c1-7-12-13-10(16)14(7)11-6-8-2-4-9(15)5-3-8/h2-6,15H,1H3,(H,13,16)/b11-6+. The SMILES string of the molecule is Cc1n[nH]c(=S)n1/N=C/c1ccc(O)cc1. The lowest BCUT2D eigenvalue weighted by Crippen LogP contribution is -1.93. The summed E-state index contributed by atoms with van der Waals surface area (Å²) in [6.07, 6.45) is 1.65. The highest BCUT2D eigenvalue weighted by Crippen LogP contribution is 2.08. The number of aromatic amines is 1. The van der Waals surface area contributed by atoms with Crippen LogP contribution in [-0.4, -0.2) is 26.2 Å². The van der Waals surface area contributed by atoms with Gasteiger partial charge in [-0.15, -0.1) is 0 Å². The van der Waals surface area contributed by atoms with E-state index in [1.165, 1.54) is 4.68 Å². The first-order chi connectivity index (χ1) is 7.66. The van der Waals surface area contributed by atoms with Gasteiger partial charge in [0.25, 0.3) is 0 Å². The monoisotopic (exact) mass is 234 g/mol. The molecule has 0 fully saturated rings. The lowest BCUT2D eigenvalue weighted by Gasteiger charge is -1.95. The highest BCUT2D eigenvalue weighted by molar-refractivity contribution is 7.71. The minimum absolute atomic E-state index is 0.230. The minimum Gasteiger partial charge on any atom is -0.508 e. The molecule has 0 atom stereocenters. The minimum atomic E-state index is 0.230. The fourth-order valence-corrected chi connectivity index (χ4v) is 1.42. The van der Waals surface area contributed by atoms with Crippen molar-refractivity contribution in [3.05, 3.63) is 40.4 Å². The molecule has 0 spiro atoms. The smallest absolute Gasteiger partial charge is 0.216 e. The molecule has 0 saturated heterocycles. The summed E-state index contributed by atoms with van der Waals surface area (Å²) in [7, 11) is 0. The lowest BCUT2D eigenvalue weighted by molar-refractivity contribution is 0.475. The number of aryl methyl sites for hydroxylation is 1. The van der Waals surface area contributed by atoms with Gasteiger partial charge in [0.15, 0.2) is 0 Å². The van der Waals surface area contributed by atoms with Crippen molar-refractivity contribution in [2.24, 2.45) is 5.10 Å². The number of H-pyrrole nitrogens is 1. The number of benzene rings is 1. The summed E-state index contributed by atoms with van der Waals surface area (Å²) >= 11 is 5.00. The van der Waals surface area contributed by atoms with Crippen molar-refractivity contribution in [2.75, 3.05) is 0 Å². The van der Waals surface area contributed by atoms with E-state index in [4.69, 9.17) is 17.3 Å². The topological polar surface area (TPSA) is 66.2 Å². The zero-order chi connectivity index (χ0) is 11.5. The fraction of sp³-hybridized carbons (Fsp3) is 0.100. The summed E-state index contributed by atoms with van der Waals surface area (Å²) in [5.41, 5.74) is 0.875. The Hall–Kier alpha value is -1.95. The van der Waals surface area contributed by atoms with E-state index in [0.717, 1.165) is 5.56 Å². The summed E-state index contributed by atoms with van der Waals surface area (Å²) in [5.74, 6) is 0.924. The predicted octanol–water partition coefficient (Wildman–Crippen LogP) is 1.84. The molecule has 82 valence electrons. The molecule has 6 heteroatoms. The highest BCUT2D eigenvalue weighted by atomic mass is 32.1. The van der Waals surface area contributed by atoms with Crippen LogP contribution in [0.2, 0.25) is 0 Å². The summed E-state index contributed by atoms with van der Waals surface area (Å²) in [4.78, 5) is 0. The van der Waals surface area contributed by atoms with E-state index in [-0.39, 0.29) is 5.75 Å². The van der Waals surface area contributed by atoms with Crippen molar-refractivity contribution in [3.8, 4) is 5.75 Å². The van der Waals surface area contributed by atoms with Gasteiger partial charge in [-0.2, -0.15) is 14.9 Å². The Balaban J connectivity index is 2.28. The second-order valence-electron chi connectivity index (χ2n) is 3.22. The molecule has 1 aromatic carbocycles. The van der Waals surface area contributed by atoms with Crippen LogP contribution in [0.4, 0.5) is 0 Å². The van der Waals surface area contributed by atoms with E-state index in [0.29, 0.717) is 10.6 Å². The molecule has 0 bridgehead atoms. The number of rotatable bonds is 2. The summed E-state index contributed by atoms with van der Waals surface area (Å²) in [5, 5.41) is 19.9. The van der Waals surface area contributed by atoms with Crippen molar-refractivity contribution >= 4 is 18.4 Å². The van der Waals surface area contributed by atoms with Crippen molar-refractivity contribution in [1.29, 1.82) is 0 Å². The molecule has 0 aliphatic carbocycles. The van der Waals surface area contributed by atoms with Gasteiger partial charge in [0, 0.05) is 0 Å². The summed E-state index contributed by atoms with van der Waals surface area (Å²) in [6, 6.07) is 6.72. The first-order valence-corrected chi connectivity index (χ1v) is 5.05. The fourth-order valence-electron chi connectivity index (χ4n) is 1.19. The van der Waals surface area contributed by atoms with E-state index in [2.05, 4.69) is 15.3 Å². The van der Waals surface area contributed by atoms with Crippen LogP contribution in [0, 0.1) is 11.7 Å². The molecule has 2 aromatic rings. The van der Waals surface area contributed by atoms with Gasteiger partial charge in [0.1, 0.15) is 11.6 Å². The molecule has 2 rings (SSSR count). The Labute approximate surface area is 97.1 Å². The zero-order valence-corrected chi connectivity index (χ0v) is 9.40. The van der Waals surface area contributed by atoms with Crippen molar-refractivity contribution in [3.63, 3.8) is 0 Å². The second kappa shape index (κ2) is 4.28. The maximum absolute atomic E-state index is 9.12. The zero-order valence-electron chi connectivity index (χ0n) is 8.58. The number of phenolic OH excluding ortho intramolecular Hbond substituents is 1. The van der Waals surface area contributed by atoms with Crippen molar-refractivity contribution in [1.82, 2.24) is 14.9 Å². The molecular weight excluding hydrogens is 224 g/mol. The average molecular weight is 234 g/mol. The van der Waals surface area contributed by atoms with E-state index in [9.17, 15) is 0 Å². The summed E-state index contributed by atoms with van der Waals surface area (Å²) < 4.78 is 1.98. The Morgan fingerprint density at radius 1 is 1.44 bits per heavy atom. The van der Waals surface area contributed by atoms with Gasteiger partial charge in [0.2, 0.25) is 4.77 Å². The molecule has 0 aliphatic heterocycles. The molecule has 0 saturated carbocycles. The molecular formula is C10H10N4OS. The van der Waals surface area contributed by atoms with Crippen LogP contribution in [-0.2, 0) is 0 Å². The van der Waals surface area contributed by atoms with Crippen LogP contribution in [0.1, 0.15) is 11.4 Å². The number of nitrogens with zero attached hydrogens (tertiary/aromatic N) is 3. The van der Waals surface area contributed by atoms with Gasteiger partial charge in [-0.25, -0.2) is 0 Å². The summed E-state index contributed by atoms with van der Waals surface area (Å²) in [6.45, 7) is 1.81. The number of aromatic hydroxyl groups is 1. The molecule has 0 amide bonds.